The number of nitrogens with zero attached hydrogens (tertiary/aromatic N) is 2. The summed E-state index contributed by atoms with van der Waals surface area (Å²) < 4.78 is 13.8. The molecule has 1 heterocycles. The predicted molar refractivity (Wildman–Crippen MR) is 108 cm³/mol. The van der Waals surface area contributed by atoms with Crippen molar-refractivity contribution in [3.63, 3.8) is 0 Å². The van der Waals surface area contributed by atoms with Crippen LogP contribution in [0.2, 0.25) is 0 Å². The van der Waals surface area contributed by atoms with E-state index < -0.39 is 6.10 Å². The van der Waals surface area contributed by atoms with Crippen LogP contribution in [0.5, 0.6) is 0 Å². The molecule has 0 bridgehead atoms. The molecule has 2 atom stereocenters. The molecule has 1 aliphatic heterocycles. The Balaban J connectivity index is 1.65. The van der Waals surface area contributed by atoms with Crippen molar-refractivity contribution in [2.24, 2.45) is 5.10 Å². The largest absolute Gasteiger partial charge is 0.388 e. The number of benzene rings is 2. The third-order valence-corrected chi connectivity index (χ3v) is 4.94. The highest BCUT2D eigenvalue weighted by atomic mass is 19.1. The van der Waals surface area contributed by atoms with Crippen LogP contribution in [-0.2, 0) is 4.79 Å². The fourth-order valence-corrected chi connectivity index (χ4v) is 3.47. The van der Waals surface area contributed by atoms with Crippen molar-refractivity contribution in [1.82, 2.24) is 5.01 Å². The topological polar surface area (TPSA) is 52.9 Å². The Labute approximate surface area is 165 Å². The highest BCUT2D eigenvalue weighted by molar-refractivity contribution is 5.94. The van der Waals surface area contributed by atoms with E-state index in [0.29, 0.717) is 24.8 Å². The van der Waals surface area contributed by atoms with E-state index in [-0.39, 0.29) is 17.8 Å². The SMILES string of the molecule is C=C(CCC(O)c1cccc(C)c1)C(=O)N1N=CCC1c1cc(C)cc(F)c1. The first-order valence-electron chi connectivity index (χ1n) is 9.40. The highest BCUT2D eigenvalue weighted by Gasteiger charge is 2.30. The number of hydrogen-bond acceptors (Lipinski definition) is 3. The number of rotatable bonds is 6. The normalized spacial score (nSPS) is 17.0. The van der Waals surface area contributed by atoms with Crippen molar-refractivity contribution in [2.45, 2.75) is 45.3 Å². The lowest BCUT2D eigenvalue weighted by Crippen LogP contribution is -2.28. The van der Waals surface area contributed by atoms with Crippen LogP contribution >= 0.6 is 0 Å². The number of aliphatic hydroxyl groups excluding tert-OH is 1. The average Bonchev–Trinajstić information content (AvgIpc) is 3.14. The van der Waals surface area contributed by atoms with Crippen LogP contribution < -0.4 is 0 Å². The predicted octanol–water partition coefficient (Wildman–Crippen LogP) is 4.77. The maximum Gasteiger partial charge on any atom is 0.269 e. The number of hydrazone groups is 1. The fraction of sp³-hybridized carbons (Fsp3) is 0.304. The van der Waals surface area contributed by atoms with E-state index >= 15 is 0 Å². The highest BCUT2D eigenvalue weighted by Crippen LogP contribution is 2.31. The molecule has 0 aromatic heterocycles. The zero-order chi connectivity index (χ0) is 20.3. The summed E-state index contributed by atoms with van der Waals surface area (Å²) in [4.78, 5) is 12.8. The number of amides is 1. The van der Waals surface area contributed by atoms with Gasteiger partial charge in [-0.25, -0.2) is 9.40 Å². The molecule has 1 N–H and O–H groups in total. The summed E-state index contributed by atoms with van der Waals surface area (Å²) in [7, 11) is 0. The summed E-state index contributed by atoms with van der Waals surface area (Å²) in [6.45, 7) is 7.69. The minimum atomic E-state index is -0.659. The van der Waals surface area contributed by atoms with Gasteiger partial charge in [-0.05, 0) is 55.5 Å². The Morgan fingerprint density at radius 1 is 1.29 bits per heavy atom. The maximum atomic E-state index is 13.8. The lowest BCUT2D eigenvalue weighted by Gasteiger charge is -2.24. The van der Waals surface area contributed by atoms with Gasteiger partial charge in [-0.2, -0.15) is 5.10 Å². The van der Waals surface area contributed by atoms with Gasteiger partial charge in [0.25, 0.3) is 5.91 Å². The minimum absolute atomic E-state index is 0.294. The van der Waals surface area contributed by atoms with Crippen molar-refractivity contribution in [1.29, 1.82) is 0 Å². The Morgan fingerprint density at radius 3 is 2.79 bits per heavy atom. The van der Waals surface area contributed by atoms with Gasteiger partial charge < -0.3 is 5.11 Å². The summed E-state index contributed by atoms with van der Waals surface area (Å²) in [6, 6.07) is 12.1. The molecule has 0 fully saturated rings. The molecular weight excluding hydrogens is 355 g/mol. The average molecular weight is 380 g/mol. The molecule has 5 heteroatoms. The third-order valence-electron chi connectivity index (χ3n) is 4.94. The molecule has 2 unspecified atom stereocenters. The van der Waals surface area contributed by atoms with E-state index in [9.17, 15) is 14.3 Å². The van der Waals surface area contributed by atoms with Crippen LogP contribution in [0.1, 0.15) is 53.7 Å². The van der Waals surface area contributed by atoms with Gasteiger partial charge in [0.2, 0.25) is 0 Å². The van der Waals surface area contributed by atoms with Crippen LogP contribution in [0.25, 0.3) is 0 Å². The van der Waals surface area contributed by atoms with Crippen molar-refractivity contribution in [3.8, 4) is 0 Å². The summed E-state index contributed by atoms with van der Waals surface area (Å²) in [6.07, 6.45) is 2.29. The van der Waals surface area contributed by atoms with Gasteiger partial charge in [-0.15, -0.1) is 0 Å². The molecule has 2 aromatic rings. The van der Waals surface area contributed by atoms with E-state index in [0.717, 1.165) is 22.3 Å². The molecule has 1 amide bonds. The molecule has 4 nitrogen and oxygen atoms in total. The second-order valence-electron chi connectivity index (χ2n) is 7.33. The van der Waals surface area contributed by atoms with E-state index in [1.807, 2.05) is 44.2 Å². The number of halogens is 1. The molecule has 0 radical (unpaired) electrons. The van der Waals surface area contributed by atoms with Crippen LogP contribution in [-0.4, -0.2) is 22.2 Å². The Morgan fingerprint density at radius 2 is 2.07 bits per heavy atom. The van der Waals surface area contributed by atoms with E-state index in [4.69, 9.17) is 0 Å². The van der Waals surface area contributed by atoms with Gasteiger partial charge >= 0.3 is 0 Å². The summed E-state index contributed by atoms with van der Waals surface area (Å²) in [5.74, 6) is -0.619. The Hall–Kier alpha value is -2.79. The lowest BCUT2D eigenvalue weighted by atomic mass is 9.99. The second-order valence-corrected chi connectivity index (χ2v) is 7.33. The summed E-state index contributed by atoms with van der Waals surface area (Å²) in [5, 5.41) is 15.9. The molecule has 0 saturated carbocycles. The van der Waals surface area contributed by atoms with E-state index in [2.05, 4.69) is 11.7 Å². The lowest BCUT2D eigenvalue weighted by molar-refractivity contribution is -0.129. The molecule has 0 spiro atoms. The molecular formula is C23H25FN2O2. The fourth-order valence-electron chi connectivity index (χ4n) is 3.47. The first-order chi connectivity index (χ1) is 13.3. The van der Waals surface area contributed by atoms with Crippen molar-refractivity contribution < 1.29 is 14.3 Å². The van der Waals surface area contributed by atoms with Gasteiger partial charge in [-0.1, -0.05) is 42.5 Å². The molecule has 0 saturated heterocycles. The molecule has 1 aliphatic rings. The van der Waals surface area contributed by atoms with Crippen molar-refractivity contribution in [2.75, 3.05) is 0 Å². The third kappa shape index (κ3) is 4.54. The van der Waals surface area contributed by atoms with Crippen LogP contribution in [0.15, 0.2) is 59.7 Å². The van der Waals surface area contributed by atoms with Gasteiger partial charge in [-0.3, -0.25) is 4.79 Å². The zero-order valence-corrected chi connectivity index (χ0v) is 16.2. The van der Waals surface area contributed by atoms with Gasteiger partial charge in [0.15, 0.2) is 0 Å². The molecule has 28 heavy (non-hydrogen) atoms. The molecule has 2 aromatic carbocycles. The number of aryl methyl sites for hydroxylation is 2. The Bertz CT molecular complexity index is 902. The number of carbonyl (C=O) groups is 1. The first-order valence-corrected chi connectivity index (χ1v) is 9.40. The van der Waals surface area contributed by atoms with E-state index in [1.165, 1.54) is 17.1 Å². The summed E-state index contributed by atoms with van der Waals surface area (Å²) in [5.41, 5.74) is 3.80. The first kappa shape index (κ1) is 20.0. The maximum absolute atomic E-state index is 13.8. The van der Waals surface area contributed by atoms with Crippen LogP contribution in [0.4, 0.5) is 4.39 Å². The second kappa shape index (κ2) is 8.48. The molecule has 0 aliphatic carbocycles. The van der Waals surface area contributed by atoms with Crippen LogP contribution in [0, 0.1) is 19.7 Å². The van der Waals surface area contributed by atoms with Crippen LogP contribution in [0.3, 0.4) is 0 Å². The van der Waals surface area contributed by atoms with E-state index in [1.54, 1.807) is 6.21 Å². The summed E-state index contributed by atoms with van der Waals surface area (Å²) >= 11 is 0. The Kier molecular flexibility index (Phi) is 6.05. The number of carbonyl (C=O) groups excluding carboxylic acids is 1. The van der Waals surface area contributed by atoms with Gasteiger partial charge in [0.05, 0.1) is 12.1 Å². The quantitative estimate of drug-likeness (QED) is 0.734. The monoisotopic (exact) mass is 380 g/mol. The zero-order valence-electron chi connectivity index (χ0n) is 16.2. The number of hydrogen-bond donors (Lipinski definition) is 1. The molecule has 3 rings (SSSR count). The smallest absolute Gasteiger partial charge is 0.269 e. The minimum Gasteiger partial charge on any atom is -0.388 e. The van der Waals surface area contributed by atoms with Crippen molar-refractivity contribution >= 4 is 12.1 Å². The number of aliphatic hydroxyl groups is 1. The molecule has 146 valence electrons. The standard InChI is InChI=1S/C23H25FN2O2/c1-15-5-4-6-18(11-15)22(27)8-7-17(3)23(28)26-21(9-10-25-26)19-12-16(2)13-20(24)14-19/h4-6,10-14,21-22,27H,3,7-9H2,1-2H3. The van der Waals surface area contributed by atoms with Gasteiger partial charge in [0, 0.05) is 18.2 Å². The van der Waals surface area contributed by atoms with Crippen molar-refractivity contribution in [3.05, 3.63) is 82.7 Å². The van der Waals surface area contributed by atoms with Gasteiger partial charge in [0.1, 0.15) is 5.82 Å².